The van der Waals surface area contributed by atoms with Crippen molar-refractivity contribution in [2.75, 3.05) is 11.5 Å². The monoisotopic (exact) mass is 388 g/mol. The quantitative estimate of drug-likeness (QED) is 0.807. The smallest absolute Gasteiger partial charge is 0.262 e. The number of benzene rings is 1. The number of hydrogen-bond donors (Lipinski definition) is 1. The van der Waals surface area contributed by atoms with E-state index in [9.17, 15) is 18.3 Å². The van der Waals surface area contributed by atoms with Gasteiger partial charge < -0.3 is 5.11 Å². The first kappa shape index (κ1) is 17.7. The molecule has 1 aromatic carbocycles. The Morgan fingerprint density at radius 2 is 2.08 bits per heavy atom. The molecule has 0 spiro atoms. The maximum absolute atomic E-state index is 12.8. The van der Waals surface area contributed by atoms with Gasteiger partial charge in [0.15, 0.2) is 15.0 Å². The van der Waals surface area contributed by atoms with Gasteiger partial charge >= 0.3 is 0 Å². The van der Waals surface area contributed by atoms with Gasteiger partial charge in [-0.1, -0.05) is 23.4 Å². The maximum atomic E-state index is 12.8. The van der Waals surface area contributed by atoms with Crippen LogP contribution in [0.5, 0.6) is 0 Å². The van der Waals surface area contributed by atoms with Crippen LogP contribution in [-0.2, 0) is 9.84 Å². The van der Waals surface area contributed by atoms with E-state index in [0.717, 1.165) is 11.8 Å². The highest BCUT2D eigenvalue weighted by molar-refractivity contribution is 8.01. The molecule has 0 unspecified atom stereocenters. The Balaban J connectivity index is 2.12. The highest BCUT2D eigenvalue weighted by atomic mass is 35.5. The first-order valence-corrected chi connectivity index (χ1v) is 10.5. The van der Waals surface area contributed by atoms with E-state index in [-0.39, 0.29) is 23.1 Å². The molecular formula is C15H17ClN2O4S2. The van der Waals surface area contributed by atoms with Crippen LogP contribution in [0.3, 0.4) is 0 Å². The summed E-state index contributed by atoms with van der Waals surface area (Å²) in [5, 5.41) is 10.8. The molecule has 0 aliphatic carbocycles. The first-order valence-electron chi connectivity index (χ1n) is 7.45. The van der Waals surface area contributed by atoms with E-state index in [0.29, 0.717) is 21.1 Å². The van der Waals surface area contributed by atoms with Gasteiger partial charge in [-0.15, -0.1) is 0 Å². The summed E-state index contributed by atoms with van der Waals surface area (Å²) in [7, 11) is -3.26. The molecule has 6 nitrogen and oxygen atoms in total. The van der Waals surface area contributed by atoms with E-state index in [4.69, 9.17) is 11.6 Å². The van der Waals surface area contributed by atoms with Gasteiger partial charge in [-0.2, -0.15) is 0 Å². The normalized spacial score (nSPS) is 23.2. The zero-order chi connectivity index (χ0) is 17.6. The van der Waals surface area contributed by atoms with Gasteiger partial charge in [0.2, 0.25) is 0 Å². The summed E-state index contributed by atoms with van der Waals surface area (Å²) >= 11 is 7.11. The minimum absolute atomic E-state index is 0.125. The predicted octanol–water partition coefficient (Wildman–Crippen LogP) is 1.88. The molecular weight excluding hydrogens is 372 g/mol. The number of fused-ring (bicyclic) bond motifs is 1. The van der Waals surface area contributed by atoms with Gasteiger partial charge in [0.25, 0.3) is 5.56 Å². The lowest BCUT2D eigenvalue weighted by Crippen LogP contribution is -2.27. The predicted molar refractivity (Wildman–Crippen MR) is 95.7 cm³/mol. The molecule has 2 aromatic rings. The van der Waals surface area contributed by atoms with Crippen molar-refractivity contribution in [2.24, 2.45) is 0 Å². The number of rotatable bonds is 3. The van der Waals surface area contributed by atoms with Crippen LogP contribution in [0.25, 0.3) is 10.9 Å². The van der Waals surface area contributed by atoms with Gasteiger partial charge in [-0.3, -0.25) is 9.36 Å². The molecule has 0 saturated carbocycles. The number of aliphatic hydroxyl groups excluding tert-OH is 1. The van der Waals surface area contributed by atoms with Gasteiger partial charge in [0.05, 0.1) is 33.8 Å². The van der Waals surface area contributed by atoms with Crippen molar-refractivity contribution in [1.82, 2.24) is 9.55 Å². The summed E-state index contributed by atoms with van der Waals surface area (Å²) in [6.07, 6.45) is -0.965. The van der Waals surface area contributed by atoms with Crippen molar-refractivity contribution < 1.29 is 13.5 Å². The summed E-state index contributed by atoms with van der Waals surface area (Å²) in [5.41, 5.74) is 0.256. The lowest BCUT2D eigenvalue weighted by atomic mass is 10.2. The van der Waals surface area contributed by atoms with Crippen molar-refractivity contribution in [3.8, 4) is 0 Å². The van der Waals surface area contributed by atoms with E-state index in [1.807, 2.05) is 13.8 Å². The Hall–Kier alpha value is -1.09. The fourth-order valence-corrected chi connectivity index (χ4v) is 6.61. The molecule has 1 aliphatic heterocycles. The van der Waals surface area contributed by atoms with Crippen LogP contribution in [0.15, 0.2) is 28.2 Å². The van der Waals surface area contributed by atoms with Gasteiger partial charge in [0, 0.05) is 11.1 Å². The van der Waals surface area contributed by atoms with E-state index >= 15 is 0 Å². The fraction of sp³-hybridized carbons (Fsp3) is 0.467. The second kappa shape index (κ2) is 6.33. The van der Waals surface area contributed by atoms with Crippen molar-refractivity contribution in [3.05, 3.63) is 33.6 Å². The van der Waals surface area contributed by atoms with Gasteiger partial charge in [-0.05, 0) is 32.0 Å². The van der Waals surface area contributed by atoms with Crippen molar-refractivity contribution in [2.45, 2.75) is 36.4 Å². The number of halogens is 1. The average molecular weight is 389 g/mol. The third-order valence-corrected chi connectivity index (χ3v) is 7.32. The molecule has 0 bridgehead atoms. The standard InChI is InChI=1S/C15H17ClN2O4S2/c1-8(2)18-14(20)10-4-3-9(16)5-11(10)17-15(18)23-13-7-24(21,22)6-12(13)19/h3-5,8,12-13,19H,6-7H2,1-2H3/t12-,13+/m0/s1. The molecule has 24 heavy (non-hydrogen) atoms. The molecule has 0 radical (unpaired) electrons. The second-order valence-corrected chi connectivity index (χ2v) is 9.92. The van der Waals surface area contributed by atoms with Crippen molar-refractivity contribution in [3.63, 3.8) is 0 Å². The Bertz CT molecular complexity index is 956. The number of sulfone groups is 1. The van der Waals surface area contributed by atoms with Gasteiger partial charge in [-0.25, -0.2) is 13.4 Å². The van der Waals surface area contributed by atoms with Crippen LogP contribution in [-0.4, -0.2) is 45.9 Å². The minimum Gasteiger partial charge on any atom is -0.391 e. The summed E-state index contributed by atoms with van der Waals surface area (Å²) in [6, 6.07) is 4.73. The molecule has 1 fully saturated rings. The zero-order valence-electron chi connectivity index (χ0n) is 13.1. The number of hydrogen-bond acceptors (Lipinski definition) is 6. The second-order valence-electron chi connectivity index (χ2n) is 6.13. The number of thioether (sulfide) groups is 1. The van der Waals surface area contributed by atoms with E-state index < -0.39 is 21.2 Å². The number of aromatic nitrogens is 2. The average Bonchev–Trinajstić information content (AvgIpc) is 2.70. The van der Waals surface area contributed by atoms with Crippen molar-refractivity contribution >= 4 is 44.1 Å². The number of nitrogens with zero attached hydrogens (tertiary/aromatic N) is 2. The molecule has 3 rings (SSSR count). The lowest BCUT2D eigenvalue weighted by Gasteiger charge is -2.19. The highest BCUT2D eigenvalue weighted by Crippen LogP contribution is 2.31. The maximum Gasteiger partial charge on any atom is 0.262 e. The Kier molecular flexibility index (Phi) is 4.67. The molecule has 2 atom stereocenters. The molecule has 1 N–H and O–H groups in total. The molecule has 9 heteroatoms. The molecule has 1 aromatic heterocycles. The number of aliphatic hydroxyl groups is 1. The Morgan fingerprint density at radius 1 is 1.38 bits per heavy atom. The summed E-state index contributed by atoms with van der Waals surface area (Å²) in [4.78, 5) is 17.3. The first-order chi connectivity index (χ1) is 11.2. The fourth-order valence-electron chi connectivity index (χ4n) is 2.74. The molecule has 0 amide bonds. The largest absolute Gasteiger partial charge is 0.391 e. The van der Waals surface area contributed by atoms with Crippen molar-refractivity contribution in [1.29, 1.82) is 0 Å². The van der Waals surface area contributed by atoms with Crippen LogP contribution >= 0.6 is 23.4 Å². The van der Waals surface area contributed by atoms with E-state index in [1.54, 1.807) is 18.2 Å². The lowest BCUT2D eigenvalue weighted by molar-refractivity contribution is 0.207. The van der Waals surface area contributed by atoms with Crippen LogP contribution in [0.4, 0.5) is 0 Å². The molecule has 1 aliphatic rings. The molecule has 1 saturated heterocycles. The van der Waals surface area contributed by atoms with E-state index in [1.165, 1.54) is 4.57 Å². The Labute approximate surface area is 148 Å². The third-order valence-electron chi connectivity index (χ3n) is 3.88. The summed E-state index contributed by atoms with van der Waals surface area (Å²) < 4.78 is 24.9. The van der Waals surface area contributed by atoms with Crippen LogP contribution in [0.2, 0.25) is 5.02 Å². The van der Waals surface area contributed by atoms with Gasteiger partial charge in [0.1, 0.15) is 0 Å². The van der Waals surface area contributed by atoms with Crippen LogP contribution < -0.4 is 5.56 Å². The van der Waals surface area contributed by atoms with Crippen LogP contribution in [0.1, 0.15) is 19.9 Å². The topological polar surface area (TPSA) is 89.3 Å². The summed E-state index contributed by atoms with van der Waals surface area (Å²) in [6.45, 7) is 3.72. The minimum atomic E-state index is -3.26. The Morgan fingerprint density at radius 3 is 2.67 bits per heavy atom. The molecule has 2 heterocycles. The third kappa shape index (κ3) is 3.33. The van der Waals surface area contributed by atoms with E-state index in [2.05, 4.69) is 4.98 Å². The zero-order valence-corrected chi connectivity index (χ0v) is 15.5. The van der Waals surface area contributed by atoms with Crippen LogP contribution in [0, 0.1) is 0 Å². The SMILES string of the molecule is CC(C)n1c(S[C@@H]2CS(=O)(=O)C[C@@H]2O)nc2cc(Cl)ccc2c1=O. The highest BCUT2D eigenvalue weighted by Gasteiger charge is 2.38. The molecule has 130 valence electrons. The summed E-state index contributed by atoms with van der Waals surface area (Å²) in [5.74, 6) is -0.379.